The van der Waals surface area contributed by atoms with E-state index in [0.29, 0.717) is 52.7 Å². The molecule has 1 saturated heterocycles. The number of halogens is 2. The Morgan fingerprint density at radius 2 is 1.94 bits per heavy atom. The van der Waals surface area contributed by atoms with Gasteiger partial charge in [0, 0.05) is 34.7 Å². The van der Waals surface area contributed by atoms with Crippen molar-refractivity contribution in [3.63, 3.8) is 0 Å². The Bertz CT molecular complexity index is 1170. The van der Waals surface area contributed by atoms with Crippen molar-refractivity contribution in [3.05, 3.63) is 51.0 Å². The van der Waals surface area contributed by atoms with Crippen molar-refractivity contribution in [3.8, 4) is 22.6 Å². The van der Waals surface area contributed by atoms with E-state index in [4.69, 9.17) is 42.9 Å². The largest absolute Gasteiger partial charge is 0.495 e. The first kappa shape index (κ1) is 22.2. The molecule has 0 amide bonds. The maximum absolute atomic E-state index is 8.79. The molecule has 2 heterocycles. The summed E-state index contributed by atoms with van der Waals surface area (Å²) in [5, 5.41) is 8.64. The normalized spacial score (nSPS) is 18.1. The predicted molar refractivity (Wildman–Crippen MR) is 124 cm³/mol. The number of anilines is 1. The second kappa shape index (κ2) is 9.67. The average Bonchev–Trinajstić information content (AvgIpc) is 2.81. The van der Waals surface area contributed by atoms with Crippen LogP contribution in [0.4, 0.5) is 5.95 Å². The zero-order valence-electron chi connectivity index (χ0n) is 17.4. The van der Waals surface area contributed by atoms with Crippen LogP contribution in [0.15, 0.2) is 35.6 Å². The molecule has 1 aliphatic heterocycles. The lowest BCUT2D eigenvalue weighted by atomic mass is 10.0. The number of nitrogens with zero attached hydrogens (tertiary/aromatic N) is 5. The van der Waals surface area contributed by atoms with E-state index in [0.717, 1.165) is 16.5 Å². The Labute approximate surface area is 194 Å². The van der Waals surface area contributed by atoms with Crippen molar-refractivity contribution >= 4 is 40.1 Å². The summed E-state index contributed by atoms with van der Waals surface area (Å²) < 4.78 is 16.2. The van der Waals surface area contributed by atoms with E-state index in [-0.39, 0.29) is 12.1 Å². The highest BCUT2D eigenvalue weighted by Gasteiger charge is 2.25. The molecule has 1 N–H and O–H groups in total. The number of azide groups is 1. The van der Waals surface area contributed by atoms with Gasteiger partial charge in [0.25, 0.3) is 0 Å². The number of aromatic nitrogens is 2. The first-order valence-electron chi connectivity index (χ1n) is 9.81. The van der Waals surface area contributed by atoms with Gasteiger partial charge in [0.15, 0.2) is 0 Å². The number of hydrogen-bond donors (Lipinski definition) is 1. The zero-order valence-corrected chi connectivity index (χ0v) is 18.9. The molecule has 0 aliphatic carbocycles. The standard InChI is InChI=1S/C21H20Cl2N6O3/c1-30-16-8-17(31-2)20(23)18(19(16)22)11-3-4-13-12(7-11)9-25-21(26-13)27-15-10-32-6-5-14(15)28-29-24/h3-4,7-9,14-15H,5-6,10H2,1-2H3,(H,25,26,27)/t14-,15+/m0/s1. The van der Waals surface area contributed by atoms with Gasteiger partial charge in [0.2, 0.25) is 5.95 Å². The molecule has 2 aromatic carbocycles. The number of rotatable bonds is 6. The molecule has 0 bridgehead atoms. The smallest absolute Gasteiger partial charge is 0.223 e. The van der Waals surface area contributed by atoms with Crippen LogP contribution in [0.1, 0.15) is 6.42 Å². The molecular formula is C21H20Cl2N6O3. The molecule has 32 heavy (non-hydrogen) atoms. The third-order valence-electron chi connectivity index (χ3n) is 5.28. The van der Waals surface area contributed by atoms with Gasteiger partial charge in [-0.2, -0.15) is 0 Å². The minimum absolute atomic E-state index is 0.196. The first-order valence-corrected chi connectivity index (χ1v) is 10.6. The predicted octanol–water partition coefficient (Wildman–Crippen LogP) is 5.50. The molecule has 2 atom stereocenters. The van der Waals surface area contributed by atoms with Crippen LogP contribution in [0.3, 0.4) is 0 Å². The molecule has 1 fully saturated rings. The van der Waals surface area contributed by atoms with E-state index < -0.39 is 0 Å². The maximum Gasteiger partial charge on any atom is 0.223 e. The fourth-order valence-electron chi connectivity index (χ4n) is 3.63. The van der Waals surface area contributed by atoms with Crippen LogP contribution in [0, 0.1) is 0 Å². The summed E-state index contributed by atoms with van der Waals surface area (Å²) in [4.78, 5) is 11.9. The molecule has 3 aromatic rings. The van der Waals surface area contributed by atoms with Crippen LogP contribution in [-0.2, 0) is 4.74 Å². The van der Waals surface area contributed by atoms with Gasteiger partial charge in [-0.15, -0.1) is 0 Å². The molecule has 0 unspecified atom stereocenters. The van der Waals surface area contributed by atoms with Gasteiger partial charge in [0.05, 0.1) is 48.5 Å². The molecule has 9 nitrogen and oxygen atoms in total. The number of hydrogen-bond acceptors (Lipinski definition) is 7. The Morgan fingerprint density at radius 3 is 2.62 bits per heavy atom. The molecule has 11 heteroatoms. The monoisotopic (exact) mass is 474 g/mol. The van der Waals surface area contributed by atoms with Crippen LogP contribution in [0.25, 0.3) is 32.5 Å². The quantitative estimate of drug-likeness (QED) is 0.286. The molecule has 0 spiro atoms. The van der Waals surface area contributed by atoms with Crippen LogP contribution < -0.4 is 14.8 Å². The van der Waals surface area contributed by atoms with Gasteiger partial charge in [-0.05, 0) is 29.6 Å². The maximum atomic E-state index is 8.79. The number of benzene rings is 2. The highest BCUT2D eigenvalue weighted by atomic mass is 35.5. The molecule has 4 rings (SSSR count). The molecule has 1 aromatic heterocycles. The Hall–Kier alpha value is -2.97. The summed E-state index contributed by atoms with van der Waals surface area (Å²) in [7, 11) is 3.07. The van der Waals surface area contributed by atoms with Gasteiger partial charge >= 0.3 is 0 Å². The number of fused-ring (bicyclic) bond motifs is 1. The third kappa shape index (κ3) is 4.33. The zero-order chi connectivity index (χ0) is 22.7. The number of methoxy groups -OCH3 is 2. The Balaban J connectivity index is 1.68. The van der Waals surface area contributed by atoms with Crippen molar-refractivity contribution in [1.82, 2.24) is 9.97 Å². The lowest BCUT2D eigenvalue weighted by Gasteiger charge is -2.28. The van der Waals surface area contributed by atoms with Crippen molar-refractivity contribution < 1.29 is 14.2 Å². The van der Waals surface area contributed by atoms with Gasteiger partial charge in [-0.25, -0.2) is 9.97 Å². The minimum atomic E-state index is -0.220. The summed E-state index contributed by atoms with van der Waals surface area (Å²) in [5.41, 5.74) is 10.9. The summed E-state index contributed by atoms with van der Waals surface area (Å²) >= 11 is 13.1. The number of ether oxygens (including phenoxy) is 3. The number of nitrogens with one attached hydrogen (secondary N) is 1. The van der Waals surface area contributed by atoms with Gasteiger partial charge in [-0.3, -0.25) is 0 Å². The molecule has 0 saturated carbocycles. The van der Waals surface area contributed by atoms with E-state index in [1.54, 1.807) is 12.3 Å². The van der Waals surface area contributed by atoms with Crippen molar-refractivity contribution in [2.24, 2.45) is 5.11 Å². The lowest BCUT2D eigenvalue weighted by Crippen LogP contribution is -2.41. The van der Waals surface area contributed by atoms with Crippen LogP contribution in [-0.4, -0.2) is 49.5 Å². The molecule has 1 aliphatic rings. The highest BCUT2D eigenvalue weighted by molar-refractivity contribution is 6.41. The topological polar surface area (TPSA) is 114 Å². The molecule has 0 radical (unpaired) electrons. The second-order valence-corrected chi connectivity index (χ2v) is 7.89. The van der Waals surface area contributed by atoms with E-state index >= 15 is 0 Å². The molecule has 166 valence electrons. The summed E-state index contributed by atoms with van der Waals surface area (Å²) in [6.45, 7) is 0.974. The van der Waals surface area contributed by atoms with E-state index in [2.05, 4.69) is 25.3 Å². The van der Waals surface area contributed by atoms with Crippen molar-refractivity contribution in [2.45, 2.75) is 18.5 Å². The van der Waals surface area contributed by atoms with Gasteiger partial charge in [0.1, 0.15) is 11.5 Å². The first-order chi connectivity index (χ1) is 15.5. The van der Waals surface area contributed by atoms with Crippen molar-refractivity contribution in [2.75, 3.05) is 32.8 Å². The summed E-state index contributed by atoms with van der Waals surface area (Å²) in [6.07, 6.45) is 2.35. The van der Waals surface area contributed by atoms with Crippen LogP contribution in [0.2, 0.25) is 10.0 Å². The minimum Gasteiger partial charge on any atom is -0.495 e. The van der Waals surface area contributed by atoms with E-state index in [9.17, 15) is 0 Å². The van der Waals surface area contributed by atoms with Gasteiger partial charge in [-0.1, -0.05) is 34.4 Å². The fourth-order valence-corrected chi connectivity index (χ4v) is 4.35. The SMILES string of the molecule is COc1cc(OC)c(Cl)c(-c2ccc3nc(N[C@@H]4COCC[C@@H]4N=[N+]=[N-])ncc3c2)c1Cl. The lowest BCUT2D eigenvalue weighted by molar-refractivity contribution is 0.0767. The van der Waals surface area contributed by atoms with Crippen molar-refractivity contribution in [1.29, 1.82) is 0 Å². The Kier molecular flexibility index (Phi) is 6.72. The fraction of sp³-hybridized carbons (Fsp3) is 0.333. The Morgan fingerprint density at radius 1 is 1.19 bits per heavy atom. The third-order valence-corrected chi connectivity index (χ3v) is 6.03. The molecular weight excluding hydrogens is 455 g/mol. The second-order valence-electron chi connectivity index (χ2n) is 7.14. The summed E-state index contributed by atoms with van der Waals surface area (Å²) in [6, 6.07) is 6.86. The van der Waals surface area contributed by atoms with Crippen LogP contribution in [0.5, 0.6) is 11.5 Å². The van der Waals surface area contributed by atoms with Gasteiger partial charge < -0.3 is 19.5 Å². The highest BCUT2D eigenvalue weighted by Crippen LogP contribution is 2.46. The van der Waals surface area contributed by atoms with E-state index in [1.165, 1.54) is 14.2 Å². The average molecular weight is 475 g/mol. The van der Waals surface area contributed by atoms with E-state index in [1.807, 2.05) is 18.2 Å². The summed E-state index contributed by atoms with van der Waals surface area (Å²) in [5.74, 6) is 1.35. The van der Waals surface area contributed by atoms with Crippen LogP contribution >= 0.6 is 23.2 Å².